The average Bonchev–Trinajstić information content (AvgIpc) is 2.46. The summed E-state index contributed by atoms with van der Waals surface area (Å²) in [6.45, 7) is 0. The van der Waals surface area contributed by atoms with Crippen molar-refractivity contribution >= 4 is 5.97 Å². The number of hydrogen-bond acceptors (Lipinski definition) is 2. The van der Waals surface area contributed by atoms with E-state index in [1.54, 1.807) is 0 Å². The number of alkyl halides is 5. The van der Waals surface area contributed by atoms with E-state index in [9.17, 15) is 26.7 Å². The van der Waals surface area contributed by atoms with E-state index in [0.717, 1.165) is 7.05 Å². The molecule has 0 aliphatic heterocycles. The quantitative estimate of drug-likeness (QED) is 0.804. The summed E-state index contributed by atoms with van der Waals surface area (Å²) in [6, 6.07) is 0.00806. The molecule has 16 heavy (non-hydrogen) atoms. The fourth-order valence-corrected chi connectivity index (χ4v) is 1.01. The van der Waals surface area contributed by atoms with Crippen LogP contribution in [0.2, 0.25) is 0 Å². The highest BCUT2D eigenvalue weighted by Gasteiger charge is 2.46. The predicted octanol–water partition coefficient (Wildman–Crippen LogP) is 1.62. The fourth-order valence-electron chi connectivity index (χ4n) is 1.01. The first-order valence-corrected chi connectivity index (χ1v) is 3.79. The lowest BCUT2D eigenvalue weighted by Crippen LogP contribution is -2.27. The van der Waals surface area contributed by atoms with Crippen molar-refractivity contribution in [3.63, 3.8) is 0 Å². The molecule has 0 amide bonds. The Kier molecular flexibility index (Phi) is 2.65. The Morgan fingerprint density at radius 1 is 1.38 bits per heavy atom. The molecule has 1 aromatic heterocycles. The second-order valence-electron chi connectivity index (χ2n) is 2.92. The average molecular weight is 244 g/mol. The highest BCUT2D eigenvalue weighted by Crippen LogP contribution is 2.33. The molecule has 0 spiro atoms. The second-order valence-corrected chi connectivity index (χ2v) is 2.92. The summed E-state index contributed by atoms with van der Waals surface area (Å²) in [5.41, 5.74) is -2.89. The Morgan fingerprint density at radius 2 is 1.88 bits per heavy atom. The Balaban J connectivity index is 3.28. The van der Waals surface area contributed by atoms with Crippen LogP contribution in [0, 0.1) is 0 Å². The topological polar surface area (TPSA) is 55.1 Å². The van der Waals surface area contributed by atoms with Gasteiger partial charge in [0.05, 0.1) is 0 Å². The van der Waals surface area contributed by atoms with Crippen LogP contribution in [-0.4, -0.2) is 20.9 Å². The van der Waals surface area contributed by atoms with E-state index in [-0.39, 0.29) is 10.7 Å². The van der Waals surface area contributed by atoms with Gasteiger partial charge in [0.1, 0.15) is 5.69 Å². The third-order valence-corrected chi connectivity index (χ3v) is 1.76. The molecule has 1 aromatic rings. The summed E-state index contributed by atoms with van der Waals surface area (Å²) in [7, 11) is 0.807. The molecule has 0 aliphatic rings. The van der Waals surface area contributed by atoms with Crippen LogP contribution in [0.5, 0.6) is 0 Å². The highest BCUT2D eigenvalue weighted by atomic mass is 19.4. The van der Waals surface area contributed by atoms with Crippen molar-refractivity contribution in [2.75, 3.05) is 0 Å². The summed E-state index contributed by atoms with van der Waals surface area (Å²) in [6.07, 6.45) is -4.90. The molecule has 0 unspecified atom stereocenters. The van der Waals surface area contributed by atoms with E-state index < -0.39 is 29.5 Å². The van der Waals surface area contributed by atoms with Gasteiger partial charge in [0.2, 0.25) is 0 Å². The Labute approximate surface area is 85.3 Å². The predicted molar refractivity (Wildman–Crippen MR) is 39.7 cm³/mol. The first kappa shape index (κ1) is 12.4. The van der Waals surface area contributed by atoms with Gasteiger partial charge in [-0.2, -0.15) is 27.1 Å². The Morgan fingerprint density at radius 3 is 2.19 bits per heavy atom. The van der Waals surface area contributed by atoms with Crippen molar-refractivity contribution in [3.8, 4) is 0 Å². The monoisotopic (exact) mass is 244 g/mol. The highest BCUT2D eigenvalue weighted by molar-refractivity contribution is 5.76. The molecule has 0 saturated carbocycles. The van der Waals surface area contributed by atoms with E-state index in [2.05, 4.69) is 5.10 Å². The van der Waals surface area contributed by atoms with Crippen LogP contribution in [0.3, 0.4) is 0 Å². The van der Waals surface area contributed by atoms with Crippen molar-refractivity contribution < 1.29 is 31.9 Å². The van der Waals surface area contributed by atoms with Crippen LogP contribution in [0.4, 0.5) is 22.0 Å². The van der Waals surface area contributed by atoms with Crippen LogP contribution in [0.1, 0.15) is 11.4 Å². The fraction of sp³-hybridized carbons (Fsp3) is 0.429. The van der Waals surface area contributed by atoms with Gasteiger partial charge in [0, 0.05) is 7.05 Å². The summed E-state index contributed by atoms with van der Waals surface area (Å²) >= 11 is 0. The molecule has 0 aliphatic carbocycles. The van der Waals surface area contributed by atoms with E-state index in [1.165, 1.54) is 0 Å². The third-order valence-electron chi connectivity index (χ3n) is 1.76. The van der Waals surface area contributed by atoms with Crippen molar-refractivity contribution in [2.24, 2.45) is 7.05 Å². The molecular weight excluding hydrogens is 239 g/mol. The zero-order chi connectivity index (χ0) is 12.7. The summed E-state index contributed by atoms with van der Waals surface area (Å²) in [5.74, 6) is -6.95. The summed E-state index contributed by atoms with van der Waals surface area (Å²) in [4.78, 5) is 10.2. The normalized spacial score (nSPS) is 12.9. The lowest BCUT2D eigenvalue weighted by atomic mass is 10.2. The van der Waals surface area contributed by atoms with Gasteiger partial charge in [-0.25, -0.2) is 4.79 Å². The van der Waals surface area contributed by atoms with Crippen LogP contribution in [0.25, 0.3) is 0 Å². The van der Waals surface area contributed by atoms with Gasteiger partial charge in [0.25, 0.3) is 0 Å². The number of nitrogens with zero attached hydrogens (tertiary/aromatic N) is 2. The number of aryl methyl sites for hydroxylation is 1. The molecule has 0 bridgehead atoms. The molecule has 0 radical (unpaired) electrons. The number of rotatable bonds is 2. The molecular formula is C7H5F5N2O2. The molecule has 90 valence electrons. The molecule has 1 rings (SSSR count). The number of aromatic nitrogens is 2. The van der Waals surface area contributed by atoms with Crippen LogP contribution in [0.15, 0.2) is 6.07 Å². The van der Waals surface area contributed by atoms with Crippen molar-refractivity contribution in [2.45, 2.75) is 12.1 Å². The summed E-state index contributed by atoms with van der Waals surface area (Å²) < 4.78 is 62.3. The Bertz CT molecular complexity index is 423. The number of hydrogen-bond donors (Lipinski definition) is 1. The van der Waals surface area contributed by atoms with Gasteiger partial charge < -0.3 is 5.11 Å². The third kappa shape index (κ3) is 1.97. The van der Waals surface area contributed by atoms with Crippen LogP contribution in [-0.2, 0) is 23.9 Å². The van der Waals surface area contributed by atoms with Crippen molar-refractivity contribution in [1.29, 1.82) is 0 Å². The maximum atomic E-state index is 12.9. The SMILES string of the molecule is Cn1nc(C(F)(F)F)cc1C(F)(F)C(=O)O. The van der Waals surface area contributed by atoms with Gasteiger partial charge >= 0.3 is 18.1 Å². The molecule has 9 heteroatoms. The van der Waals surface area contributed by atoms with Gasteiger partial charge in [-0.1, -0.05) is 0 Å². The van der Waals surface area contributed by atoms with Crippen LogP contribution < -0.4 is 0 Å². The number of halogens is 5. The smallest absolute Gasteiger partial charge is 0.435 e. The lowest BCUT2D eigenvalue weighted by molar-refractivity contribution is -0.167. The van der Waals surface area contributed by atoms with E-state index >= 15 is 0 Å². The van der Waals surface area contributed by atoms with Gasteiger partial charge in [-0.05, 0) is 6.07 Å². The van der Waals surface area contributed by atoms with Crippen LogP contribution >= 0.6 is 0 Å². The van der Waals surface area contributed by atoms with Crippen molar-refractivity contribution in [1.82, 2.24) is 9.78 Å². The van der Waals surface area contributed by atoms with Gasteiger partial charge in [0.15, 0.2) is 5.69 Å². The molecule has 0 aromatic carbocycles. The maximum Gasteiger partial charge on any atom is 0.435 e. The standard InChI is InChI=1S/C7H5F5N2O2/c1-14-4(6(8,9)5(15)16)2-3(13-14)7(10,11)12/h2H,1H3,(H,15,16). The molecule has 1 heterocycles. The van der Waals surface area contributed by atoms with Gasteiger partial charge in [-0.3, -0.25) is 4.68 Å². The minimum absolute atomic E-state index is 0.00806. The number of aliphatic carboxylic acids is 1. The number of carboxylic acids is 1. The first-order chi connectivity index (χ1) is 7.06. The Hall–Kier alpha value is -1.67. The van der Waals surface area contributed by atoms with E-state index in [4.69, 9.17) is 5.11 Å². The lowest BCUT2D eigenvalue weighted by Gasteiger charge is -2.10. The largest absolute Gasteiger partial charge is 0.476 e. The number of carbonyl (C=O) groups is 1. The summed E-state index contributed by atoms with van der Waals surface area (Å²) in [5, 5.41) is 10.9. The molecule has 1 N–H and O–H groups in total. The van der Waals surface area contributed by atoms with E-state index in [0.29, 0.717) is 0 Å². The molecule has 0 saturated heterocycles. The maximum absolute atomic E-state index is 12.9. The molecule has 0 fully saturated rings. The number of carboxylic acid groups (broad SMARTS) is 1. The molecule has 4 nitrogen and oxygen atoms in total. The van der Waals surface area contributed by atoms with E-state index in [1.807, 2.05) is 0 Å². The zero-order valence-electron chi connectivity index (χ0n) is 7.72. The first-order valence-electron chi connectivity index (χ1n) is 3.79. The minimum Gasteiger partial charge on any atom is -0.476 e. The van der Waals surface area contributed by atoms with Gasteiger partial charge in [-0.15, -0.1) is 0 Å². The van der Waals surface area contributed by atoms with Crippen molar-refractivity contribution in [3.05, 3.63) is 17.5 Å². The molecule has 0 atom stereocenters. The minimum atomic E-state index is -4.90. The zero-order valence-corrected chi connectivity index (χ0v) is 7.72. The second kappa shape index (κ2) is 3.42.